The molecule has 19 heavy (non-hydrogen) atoms. The summed E-state index contributed by atoms with van der Waals surface area (Å²) in [6.45, 7) is 2.09. The molecular weight excluding hydrogens is 256 g/mol. The first kappa shape index (κ1) is 14.0. The molecule has 2 heteroatoms. The van der Waals surface area contributed by atoms with Crippen LogP contribution in [-0.4, -0.2) is 7.11 Å². The van der Waals surface area contributed by atoms with Crippen molar-refractivity contribution in [1.82, 2.24) is 0 Å². The Kier molecular flexibility index (Phi) is 4.86. The van der Waals surface area contributed by atoms with Gasteiger partial charge in [-0.25, -0.2) is 0 Å². The summed E-state index contributed by atoms with van der Waals surface area (Å²) < 4.78 is 5.15. The summed E-state index contributed by atoms with van der Waals surface area (Å²) in [5.74, 6) is 0.893. The summed E-state index contributed by atoms with van der Waals surface area (Å²) in [7, 11) is 1.68. The summed E-state index contributed by atoms with van der Waals surface area (Å²) in [5, 5.41) is 0.0719. The summed E-state index contributed by atoms with van der Waals surface area (Å²) in [6, 6.07) is 16.6. The van der Waals surface area contributed by atoms with Crippen LogP contribution in [0.25, 0.3) is 0 Å². The maximum Gasteiger partial charge on any atom is 0.118 e. The van der Waals surface area contributed by atoms with Crippen LogP contribution in [0, 0.1) is 6.92 Å². The maximum atomic E-state index is 6.44. The Morgan fingerprint density at radius 1 is 1.00 bits per heavy atom. The molecule has 0 bridgehead atoms. The first-order valence-electron chi connectivity index (χ1n) is 6.52. The minimum atomic E-state index is 0.0719. The molecule has 0 spiro atoms. The third-order valence-electron chi connectivity index (χ3n) is 3.28. The average molecular weight is 275 g/mol. The van der Waals surface area contributed by atoms with Crippen LogP contribution in [0.3, 0.4) is 0 Å². The highest BCUT2D eigenvalue weighted by molar-refractivity contribution is 6.20. The number of benzene rings is 2. The number of aryl methyl sites for hydroxylation is 2. The van der Waals surface area contributed by atoms with Gasteiger partial charge in [0.1, 0.15) is 5.75 Å². The first-order chi connectivity index (χ1) is 9.19. The smallest absolute Gasteiger partial charge is 0.118 e. The topological polar surface area (TPSA) is 9.23 Å². The van der Waals surface area contributed by atoms with E-state index in [1.54, 1.807) is 7.11 Å². The molecule has 0 aliphatic carbocycles. The van der Waals surface area contributed by atoms with E-state index in [1.165, 1.54) is 16.7 Å². The lowest BCUT2D eigenvalue weighted by molar-refractivity contribution is 0.414. The molecule has 1 nitrogen and oxygen atoms in total. The molecule has 1 unspecified atom stereocenters. The molecule has 0 saturated carbocycles. The Balaban J connectivity index is 1.92. The van der Waals surface area contributed by atoms with E-state index in [0.717, 1.165) is 18.6 Å². The van der Waals surface area contributed by atoms with Crippen LogP contribution in [0.1, 0.15) is 28.5 Å². The Labute approximate surface area is 120 Å². The van der Waals surface area contributed by atoms with Crippen LogP contribution in [0.5, 0.6) is 5.75 Å². The van der Waals surface area contributed by atoms with E-state index in [9.17, 15) is 0 Å². The molecule has 0 aliphatic heterocycles. The zero-order chi connectivity index (χ0) is 13.7. The van der Waals surface area contributed by atoms with Gasteiger partial charge in [-0.05, 0) is 43.0 Å². The molecule has 100 valence electrons. The Morgan fingerprint density at radius 3 is 2.21 bits per heavy atom. The van der Waals surface area contributed by atoms with Gasteiger partial charge in [-0.3, -0.25) is 0 Å². The lowest BCUT2D eigenvalue weighted by Crippen LogP contribution is -1.94. The number of halogens is 1. The van der Waals surface area contributed by atoms with Crippen molar-refractivity contribution in [1.29, 1.82) is 0 Å². The Morgan fingerprint density at radius 2 is 1.63 bits per heavy atom. The molecule has 0 radical (unpaired) electrons. The zero-order valence-electron chi connectivity index (χ0n) is 11.4. The van der Waals surface area contributed by atoms with Crippen molar-refractivity contribution in [2.24, 2.45) is 0 Å². The van der Waals surface area contributed by atoms with Crippen LogP contribution in [-0.2, 0) is 6.42 Å². The quantitative estimate of drug-likeness (QED) is 0.704. The molecule has 0 saturated heterocycles. The van der Waals surface area contributed by atoms with Gasteiger partial charge in [0.05, 0.1) is 12.5 Å². The van der Waals surface area contributed by atoms with Gasteiger partial charge in [0.25, 0.3) is 0 Å². The molecule has 0 heterocycles. The minimum Gasteiger partial charge on any atom is -0.497 e. The van der Waals surface area contributed by atoms with Crippen LogP contribution in [0.2, 0.25) is 0 Å². The van der Waals surface area contributed by atoms with Crippen LogP contribution < -0.4 is 4.74 Å². The molecule has 0 fully saturated rings. The fourth-order valence-corrected chi connectivity index (χ4v) is 2.28. The zero-order valence-corrected chi connectivity index (χ0v) is 12.2. The average Bonchev–Trinajstić information content (AvgIpc) is 2.46. The van der Waals surface area contributed by atoms with Gasteiger partial charge >= 0.3 is 0 Å². The van der Waals surface area contributed by atoms with Crippen molar-refractivity contribution in [2.75, 3.05) is 7.11 Å². The molecule has 1 atom stereocenters. The van der Waals surface area contributed by atoms with Crippen molar-refractivity contribution in [3.8, 4) is 5.75 Å². The Bertz CT molecular complexity index is 502. The fourth-order valence-electron chi connectivity index (χ4n) is 2.03. The highest BCUT2D eigenvalue weighted by Gasteiger charge is 2.07. The van der Waals surface area contributed by atoms with Crippen LogP contribution in [0.15, 0.2) is 48.5 Å². The standard InChI is InChI=1S/C17H19ClO/c1-13-3-8-15(9-4-13)17(18)12-7-14-5-10-16(19-2)11-6-14/h3-6,8-11,17H,7,12H2,1-2H3. The van der Waals surface area contributed by atoms with Crippen molar-refractivity contribution in [3.05, 3.63) is 65.2 Å². The first-order valence-corrected chi connectivity index (χ1v) is 6.96. The van der Waals surface area contributed by atoms with Crippen LogP contribution >= 0.6 is 11.6 Å². The van der Waals surface area contributed by atoms with Gasteiger partial charge in [-0.1, -0.05) is 42.0 Å². The SMILES string of the molecule is COc1ccc(CCC(Cl)c2ccc(C)cc2)cc1. The van der Waals surface area contributed by atoms with Gasteiger partial charge in [-0.2, -0.15) is 0 Å². The van der Waals surface area contributed by atoms with Crippen molar-refractivity contribution in [2.45, 2.75) is 25.1 Å². The van der Waals surface area contributed by atoms with E-state index in [2.05, 4.69) is 43.3 Å². The largest absolute Gasteiger partial charge is 0.497 e. The van der Waals surface area contributed by atoms with Crippen molar-refractivity contribution < 1.29 is 4.74 Å². The number of hydrogen-bond acceptors (Lipinski definition) is 1. The van der Waals surface area contributed by atoms with E-state index in [-0.39, 0.29) is 5.38 Å². The number of ether oxygens (including phenoxy) is 1. The molecule has 0 amide bonds. The maximum absolute atomic E-state index is 6.44. The van der Waals surface area contributed by atoms with Gasteiger partial charge in [0.15, 0.2) is 0 Å². The minimum absolute atomic E-state index is 0.0719. The van der Waals surface area contributed by atoms with E-state index in [1.807, 2.05) is 12.1 Å². The second-order valence-electron chi connectivity index (χ2n) is 4.76. The van der Waals surface area contributed by atoms with E-state index < -0.39 is 0 Å². The lowest BCUT2D eigenvalue weighted by atomic mass is 10.0. The van der Waals surface area contributed by atoms with Crippen molar-refractivity contribution >= 4 is 11.6 Å². The highest BCUT2D eigenvalue weighted by Crippen LogP contribution is 2.26. The Hall–Kier alpha value is -1.47. The van der Waals surface area contributed by atoms with E-state index in [0.29, 0.717) is 0 Å². The summed E-state index contributed by atoms with van der Waals surface area (Å²) in [6.07, 6.45) is 1.92. The third-order valence-corrected chi connectivity index (χ3v) is 3.75. The molecule has 0 aliphatic rings. The summed E-state index contributed by atoms with van der Waals surface area (Å²) in [4.78, 5) is 0. The molecule has 2 aromatic rings. The summed E-state index contributed by atoms with van der Waals surface area (Å²) in [5.41, 5.74) is 3.75. The van der Waals surface area contributed by atoms with Crippen LogP contribution in [0.4, 0.5) is 0 Å². The predicted molar refractivity (Wildman–Crippen MR) is 81.1 cm³/mol. The third kappa shape index (κ3) is 4.00. The molecular formula is C17H19ClO. The normalized spacial score (nSPS) is 12.2. The van der Waals surface area contributed by atoms with E-state index >= 15 is 0 Å². The molecule has 2 aromatic carbocycles. The number of hydrogen-bond donors (Lipinski definition) is 0. The fraction of sp³-hybridized carbons (Fsp3) is 0.294. The van der Waals surface area contributed by atoms with Gasteiger partial charge in [0, 0.05) is 0 Å². The molecule has 2 rings (SSSR count). The molecule has 0 N–H and O–H groups in total. The lowest BCUT2D eigenvalue weighted by Gasteiger charge is -2.10. The van der Waals surface area contributed by atoms with Gasteiger partial charge < -0.3 is 4.74 Å². The monoisotopic (exact) mass is 274 g/mol. The summed E-state index contributed by atoms with van der Waals surface area (Å²) >= 11 is 6.44. The number of methoxy groups -OCH3 is 1. The molecule has 0 aromatic heterocycles. The van der Waals surface area contributed by atoms with Gasteiger partial charge in [0.2, 0.25) is 0 Å². The second kappa shape index (κ2) is 6.63. The number of alkyl halides is 1. The second-order valence-corrected chi connectivity index (χ2v) is 5.29. The number of rotatable bonds is 5. The van der Waals surface area contributed by atoms with E-state index in [4.69, 9.17) is 16.3 Å². The van der Waals surface area contributed by atoms with Crippen molar-refractivity contribution in [3.63, 3.8) is 0 Å². The van der Waals surface area contributed by atoms with Gasteiger partial charge in [-0.15, -0.1) is 11.6 Å². The highest BCUT2D eigenvalue weighted by atomic mass is 35.5. The predicted octanol–water partition coefficient (Wildman–Crippen LogP) is 4.92.